The summed E-state index contributed by atoms with van der Waals surface area (Å²) >= 11 is 0. The highest BCUT2D eigenvalue weighted by Gasteiger charge is 2.10. The fraction of sp³-hybridized carbons (Fsp3) is 0.667. The van der Waals surface area contributed by atoms with Crippen LogP contribution in [0.4, 0.5) is 0 Å². The molecule has 0 heterocycles. The van der Waals surface area contributed by atoms with Crippen molar-refractivity contribution in [2.24, 2.45) is 0 Å². The Morgan fingerprint density at radius 2 is 0.661 bits per heavy atom. The van der Waals surface area contributed by atoms with Gasteiger partial charge in [-0.3, -0.25) is 19.2 Å². The number of unbranched alkanes of at least 4 members (excludes halogenated alkanes) is 23. The number of hydrogen-bond donors (Lipinski definition) is 0. The smallest absolute Gasteiger partial charge is 0.311 e. The maximum atomic E-state index is 12.5. The first kappa shape index (κ1) is 48.5. The van der Waals surface area contributed by atoms with Gasteiger partial charge in [0, 0.05) is 12.8 Å². The van der Waals surface area contributed by atoms with Crippen LogP contribution in [-0.4, -0.2) is 25.2 Å². The quantitative estimate of drug-likeness (QED) is 0.0503. The van der Waals surface area contributed by atoms with Gasteiger partial charge in [0.15, 0.2) is 11.5 Å². The molecule has 8 heteroatoms. The van der Waals surface area contributed by atoms with Gasteiger partial charge < -0.3 is 18.9 Å². The van der Waals surface area contributed by atoms with Crippen LogP contribution in [-0.2, 0) is 9.59 Å². The first-order valence-electron chi connectivity index (χ1n) is 22.4. The molecule has 56 heavy (non-hydrogen) atoms. The van der Waals surface area contributed by atoms with Gasteiger partial charge in [-0.2, -0.15) is 0 Å². The summed E-state index contributed by atoms with van der Waals surface area (Å²) in [6.07, 6.45) is 30.8. The summed E-state index contributed by atoms with van der Waals surface area (Å²) in [4.78, 5) is 49.8. The van der Waals surface area contributed by atoms with E-state index < -0.39 is 11.9 Å². The first-order valence-corrected chi connectivity index (χ1v) is 22.4. The number of ether oxygens (including phenoxy) is 4. The minimum Gasteiger partial charge on any atom is -0.494 e. The molecule has 0 amide bonds. The largest absolute Gasteiger partial charge is 0.494 e. The molecule has 0 unspecified atom stereocenters. The van der Waals surface area contributed by atoms with E-state index in [2.05, 4.69) is 13.8 Å². The highest BCUT2D eigenvalue weighted by Crippen LogP contribution is 2.17. The molecule has 0 bridgehead atoms. The predicted octanol–water partition coefficient (Wildman–Crippen LogP) is 12.6. The van der Waals surface area contributed by atoms with Crippen molar-refractivity contribution in [2.75, 3.05) is 13.2 Å². The first-order chi connectivity index (χ1) is 27.4. The van der Waals surface area contributed by atoms with Crippen LogP contribution < -0.4 is 29.8 Å². The summed E-state index contributed by atoms with van der Waals surface area (Å²) in [5, 5.41) is 0. The summed E-state index contributed by atoms with van der Waals surface area (Å²) < 4.78 is 22.4. The van der Waals surface area contributed by atoms with E-state index in [0.29, 0.717) is 50.4 Å². The molecule has 0 aliphatic rings. The molecule has 0 saturated heterocycles. The Labute approximate surface area is 338 Å². The van der Waals surface area contributed by atoms with Crippen molar-refractivity contribution in [1.82, 2.24) is 0 Å². The molecule has 8 nitrogen and oxygen atoms in total. The SMILES string of the molecule is CCCCCCCCCCCCCOc1ccc(OC(=O)CCCCCCC(=O)Oc2ccc(OCCCCCCCCCCCCC)ccc2=O)c(=O)cc1. The topological polar surface area (TPSA) is 105 Å². The normalized spacial score (nSPS) is 11.0. The molecule has 0 N–H and O–H groups in total. The van der Waals surface area contributed by atoms with E-state index in [9.17, 15) is 19.2 Å². The van der Waals surface area contributed by atoms with Crippen LogP contribution in [0.5, 0.6) is 23.0 Å². The van der Waals surface area contributed by atoms with Crippen LogP contribution in [0.3, 0.4) is 0 Å². The van der Waals surface area contributed by atoms with Gasteiger partial charge in [0.1, 0.15) is 11.5 Å². The minimum absolute atomic E-state index is 0.0163. The molecule has 314 valence electrons. The van der Waals surface area contributed by atoms with Crippen molar-refractivity contribution in [1.29, 1.82) is 0 Å². The summed E-state index contributed by atoms with van der Waals surface area (Å²) in [6.45, 7) is 5.67. The van der Waals surface area contributed by atoms with E-state index in [-0.39, 0.29) is 35.2 Å². The van der Waals surface area contributed by atoms with Crippen molar-refractivity contribution in [2.45, 2.75) is 194 Å². The zero-order chi connectivity index (χ0) is 40.3. The highest BCUT2D eigenvalue weighted by atomic mass is 16.5. The van der Waals surface area contributed by atoms with Gasteiger partial charge in [-0.1, -0.05) is 155 Å². The van der Waals surface area contributed by atoms with E-state index in [0.717, 1.165) is 25.7 Å². The lowest BCUT2D eigenvalue weighted by Crippen LogP contribution is -2.13. The van der Waals surface area contributed by atoms with Crippen LogP contribution >= 0.6 is 0 Å². The Morgan fingerprint density at radius 1 is 0.375 bits per heavy atom. The maximum Gasteiger partial charge on any atom is 0.311 e. The summed E-state index contributed by atoms with van der Waals surface area (Å²) in [6, 6.07) is 12.3. The van der Waals surface area contributed by atoms with Gasteiger partial charge in [0.2, 0.25) is 10.9 Å². The second-order valence-electron chi connectivity index (χ2n) is 15.2. The molecular weight excluding hydrogens is 705 g/mol. The molecule has 0 spiro atoms. The number of carbonyl (C=O) groups excluding carboxylic acids is 2. The Balaban J connectivity index is 1.54. The van der Waals surface area contributed by atoms with Crippen molar-refractivity contribution >= 4 is 11.9 Å². The molecule has 0 aromatic heterocycles. The van der Waals surface area contributed by atoms with Gasteiger partial charge in [0.25, 0.3) is 0 Å². The Morgan fingerprint density at radius 3 is 1.00 bits per heavy atom. The second-order valence-corrected chi connectivity index (χ2v) is 15.2. The van der Waals surface area contributed by atoms with E-state index in [4.69, 9.17) is 18.9 Å². The zero-order valence-corrected chi connectivity index (χ0v) is 35.1. The number of rotatable bonds is 35. The van der Waals surface area contributed by atoms with Gasteiger partial charge in [0.05, 0.1) is 13.2 Å². The molecule has 2 rings (SSSR count). The molecule has 0 radical (unpaired) electrons. The van der Waals surface area contributed by atoms with E-state index >= 15 is 0 Å². The lowest BCUT2D eigenvalue weighted by Gasteiger charge is -2.05. The van der Waals surface area contributed by atoms with Crippen LogP contribution in [0.15, 0.2) is 58.1 Å². The average Bonchev–Trinajstić information content (AvgIpc) is 3.47. The Hall–Kier alpha value is -3.68. The van der Waals surface area contributed by atoms with Gasteiger partial charge in [-0.05, 0) is 74.2 Å². The summed E-state index contributed by atoms with van der Waals surface area (Å²) in [7, 11) is 0. The third-order valence-corrected chi connectivity index (χ3v) is 10.1. The minimum atomic E-state index is -0.474. The Bertz CT molecular complexity index is 1330. The second kappa shape index (κ2) is 33.5. The molecule has 2 aromatic rings. The molecule has 0 aliphatic carbocycles. The molecule has 2 aromatic carbocycles. The highest BCUT2D eigenvalue weighted by molar-refractivity contribution is 5.72. The molecular formula is C48H74O8. The van der Waals surface area contributed by atoms with Crippen molar-refractivity contribution < 1.29 is 28.5 Å². The lowest BCUT2D eigenvalue weighted by atomic mass is 10.1. The van der Waals surface area contributed by atoms with Crippen LogP contribution in [0.25, 0.3) is 0 Å². The predicted molar refractivity (Wildman–Crippen MR) is 228 cm³/mol. The zero-order valence-electron chi connectivity index (χ0n) is 35.1. The summed E-state index contributed by atoms with van der Waals surface area (Å²) in [5.74, 6) is 0.170. The van der Waals surface area contributed by atoms with Crippen LogP contribution in [0.2, 0.25) is 0 Å². The average molecular weight is 779 g/mol. The van der Waals surface area contributed by atoms with Crippen LogP contribution in [0.1, 0.15) is 194 Å². The fourth-order valence-electron chi connectivity index (χ4n) is 6.58. The standard InChI is InChI=1S/C48H74O8/c1-3-5-7-9-11-13-15-17-19-23-27-39-53-41-31-35-43(49)45(37-33-41)55-47(51)29-25-21-22-26-30-48(52)56-46-38-34-42(32-36-44(46)50)54-40-28-24-20-18-16-14-12-10-8-6-4-2/h31-38H,3-30,39-40H2,1-2H3. The summed E-state index contributed by atoms with van der Waals surface area (Å²) in [5.41, 5.74) is -0.754. The van der Waals surface area contributed by atoms with Crippen molar-refractivity contribution in [3.8, 4) is 23.0 Å². The van der Waals surface area contributed by atoms with E-state index in [1.807, 2.05) is 0 Å². The van der Waals surface area contributed by atoms with Crippen molar-refractivity contribution in [3.05, 3.63) is 69.0 Å². The Kier molecular flexibility index (Phi) is 29.0. The monoisotopic (exact) mass is 779 g/mol. The maximum absolute atomic E-state index is 12.5. The molecule has 0 fully saturated rings. The molecule has 0 aliphatic heterocycles. The van der Waals surface area contributed by atoms with Crippen LogP contribution in [0, 0.1) is 0 Å². The fourth-order valence-corrected chi connectivity index (χ4v) is 6.58. The lowest BCUT2D eigenvalue weighted by molar-refractivity contribution is -0.135. The third-order valence-electron chi connectivity index (χ3n) is 10.1. The third kappa shape index (κ3) is 25.5. The van der Waals surface area contributed by atoms with E-state index in [1.165, 1.54) is 140 Å². The van der Waals surface area contributed by atoms with Gasteiger partial charge >= 0.3 is 11.9 Å². The van der Waals surface area contributed by atoms with E-state index in [1.54, 1.807) is 24.3 Å². The van der Waals surface area contributed by atoms with Gasteiger partial charge in [-0.15, -0.1) is 0 Å². The number of carbonyl (C=O) groups is 2. The number of esters is 2. The molecule has 0 atom stereocenters. The van der Waals surface area contributed by atoms with Gasteiger partial charge in [-0.25, -0.2) is 0 Å². The molecule has 0 saturated carbocycles. The van der Waals surface area contributed by atoms with Crippen molar-refractivity contribution in [3.63, 3.8) is 0 Å². The number of hydrogen-bond acceptors (Lipinski definition) is 8.